The van der Waals surface area contributed by atoms with Gasteiger partial charge in [-0.15, -0.1) is 24.0 Å². The summed E-state index contributed by atoms with van der Waals surface area (Å²) in [6, 6.07) is 6.28. The van der Waals surface area contributed by atoms with E-state index < -0.39 is 0 Å². The first-order valence-electron chi connectivity index (χ1n) is 9.45. The maximum Gasteiger partial charge on any atom is 0.194 e. The molecule has 7 heteroatoms. The first-order valence-corrected chi connectivity index (χ1v) is 9.45. The standard InChI is InChI=1S/C21H36N4O2.HI/c1-20(2)14-25(21(20,3)4)19(22-5)23-13-16(24(6)7)15-10-11-17(26-8)18(12-15)27-9;/h10-12,16H,13-14H2,1-9H3,(H,22,23);1H. The summed E-state index contributed by atoms with van der Waals surface area (Å²) in [6.07, 6.45) is 0. The quantitative estimate of drug-likeness (QED) is 0.365. The van der Waals surface area contributed by atoms with Crippen LogP contribution in [0.3, 0.4) is 0 Å². The van der Waals surface area contributed by atoms with E-state index in [-0.39, 0.29) is 41.0 Å². The zero-order valence-electron chi connectivity index (χ0n) is 18.8. The van der Waals surface area contributed by atoms with Crippen LogP contribution in [0.15, 0.2) is 23.2 Å². The maximum atomic E-state index is 5.47. The Labute approximate surface area is 187 Å². The van der Waals surface area contributed by atoms with Gasteiger partial charge in [0.25, 0.3) is 0 Å². The predicted molar refractivity (Wildman–Crippen MR) is 127 cm³/mol. The number of methoxy groups -OCH3 is 2. The van der Waals surface area contributed by atoms with Gasteiger partial charge in [-0.3, -0.25) is 4.99 Å². The predicted octanol–water partition coefficient (Wildman–Crippen LogP) is 3.62. The monoisotopic (exact) mass is 504 g/mol. The minimum absolute atomic E-state index is 0. The van der Waals surface area contributed by atoms with Crippen LogP contribution in [-0.4, -0.2) is 69.8 Å². The van der Waals surface area contributed by atoms with Gasteiger partial charge in [0.05, 0.1) is 20.3 Å². The van der Waals surface area contributed by atoms with Gasteiger partial charge < -0.3 is 24.6 Å². The van der Waals surface area contributed by atoms with Crippen molar-refractivity contribution in [2.45, 2.75) is 39.3 Å². The number of hydrogen-bond donors (Lipinski definition) is 1. The zero-order chi connectivity index (χ0) is 20.4. The van der Waals surface area contributed by atoms with E-state index in [9.17, 15) is 0 Å². The molecule has 0 saturated carbocycles. The van der Waals surface area contributed by atoms with Crippen molar-refractivity contribution in [1.29, 1.82) is 0 Å². The third-order valence-corrected chi connectivity index (χ3v) is 6.22. The van der Waals surface area contributed by atoms with Gasteiger partial charge in [-0.2, -0.15) is 0 Å². The molecular weight excluding hydrogens is 467 g/mol. The topological polar surface area (TPSA) is 49.3 Å². The molecule has 1 aliphatic rings. The first kappa shape index (κ1) is 24.8. The largest absolute Gasteiger partial charge is 0.493 e. The number of ether oxygens (including phenoxy) is 2. The number of nitrogens with one attached hydrogen (secondary N) is 1. The smallest absolute Gasteiger partial charge is 0.194 e. The number of halogens is 1. The van der Waals surface area contributed by atoms with E-state index in [1.807, 2.05) is 19.2 Å². The van der Waals surface area contributed by atoms with Gasteiger partial charge in [0.1, 0.15) is 0 Å². The van der Waals surface area contributed by atoms with Gasteiger partial charge in [-0.05, 0) is 45.6 Å². The highest BCUT2D eigenvalue weighted by Gasteiger charge is 2.53. The number of guanidine groups is 1. The molecule has 6 nitrogen and oxygen atoms in total. The van der Waals surface area contributed by atoms with E-state index in [4.69, 9.17) is 9.47 Å². The fourth-order valence-corrected chi connectivity index (χ4v) is 3.54. The molecule has 1 saturated heterocycles. The number of benzene rings is 1. The normalized spacial score (nSPS) is 18.8. The van der Waals surface area contributed by atoms with Crippen molar-refractivity contribution in [3.05, 3.63) is 23.8 Å². The molecule has 0 aromatic heterocycles. The number of nitrogens with zero attached hydrogens (tertiary/aromatic N) is 3. The third-order valence-electron chi connectivity index (χ3n) is 6.22. The highest BCUT2D eigenvalue weighted by molar-refractivity contribution is 14.0. The van der Waals surface area contributed by atoms with Crippen LogP contribution < -0.4 is 14.8 Å². The first-order chi connectivity index (χ1) is 12.6. The average Bonchev–Trinajstić information content (AvgIpc) is 2.63. The fraction of sp³-hybridized carbons (Fsp3) is 0.667. The molecule has 1 heterocycles. The highest BCUT2D eigenvalue weighted by Crippen LogP contribution is 2.46. The Bertz CT molecular complexity index is 689. The van der Waals surface area contributed by atoms with Gasteiger partial charge in [0.2, 0.25) is 0 Å². The van der Waals surface area contributed by atoms with Crippen molar-refractivity contribution in [3.63, 3.8) is 0 Å². The molecule has 0 aliphatic carbocycles. The third kappa shape index (κ3) is 4.67. The number of aliphatic imine (C=N–C) groups is 1. The van der Waals surface area contributed by atoms with Crippen LogP contribution in [0.4, 0.5) is 0 Å². The van der Waals surface area contributed by atoms with Crippen LogP contribution in [0.1, 0.15) is 39.3 Å². The lowest BCUT2D eigenvalue weighted by Crippen LogP contribution is -2.72. The Balaban J connectivity index is 0.00000392. The van der Waals surface area contributed by atoms with E-state index in [1.165, 1.54) is 5.56 Å². The summed E-state index contributed by atoms with van der Waals surface area (Å²) in [5, 5.41) is 3.57. The SMILES string of the molecule is CN=C(NCC(c1ccc(OC)c(OC)c1)N(C)C)N1CC(C)(C)C1(C)C.I. The lowest BCUT2D eigenvalue weighted by Gasteiger charge is -2.62. The van der Waals surface area contributed by atoms with Gasteiger partial charge >= 0.3 is 0 Å². The van der Waals surface area contributed by atoms with Crippen LogP contribution in [0.25, 0.3) is 0 Å². The van der Waals surface area contributed by atoms with Crippen molar-refractivity contribution in [2.75, 3.05) is 48.5 Å². The Morgan fingerprint density at radius 3 is 2.21 bits per heavy atom. The fourth-order valence-electron chi connectivity index (χ4n) is 3.54. The van der Waals surface area contributed by atoms with Crippen molar-refractivity contribution in [1.82, 2.24) is 15.1 Å². The second kappa shape index (κ2) is 9.52. The Morgan fingerprint density at radius 2 is 1.79 bits per heavy atom. The number of rotatable bonds is 6. The second-order valence-electron chi connectivity index (χ2n) is 8.55. The van der Waals surface area contributed by atoms with Crippen LogP contribution in [-0.2, 0) is 0 Å². The molecule has 1 aromatic carbocycles. The molecule has 0 spiro atoms. The number of likely N-dealkylation sites (N-methyl/N-ethyl adjacent to an activating group) is 1. The van der Waals surface area contributed by atoms with Gasteiger partial charge in [0.15, 0.2) is 17.5 Å². The maximum absolute atomic E-state index is 5.47. The molecule has 1 fully saturated rings. The minimum atomic E-state index is 0. The Hall–Kier alpha value is -1.22. The highest BCUT2D eigenvalue weighted by atomic mass is 127. The van der Waals surface area contributed by atoms with E-state index in [1.54, 1.807) is 14.2 Å². The minimum Gasteiger partial charge on any atom is -0.493 e. The average molecular weight is 504 g/mol. The molecule has 1 unspecified atom stereocenters. The van der Waals surface area contributed by atoms with Crippen LogP contribution in [0.2, 0.25) is 0 Å². The lowest BCUT2D eigenvalue weighted by atomic mass is 9.65. The molecule has 2 rings (SSSR count). The Kier molecular flexibility index (Phi) is 8.44. The molecule has 0 bridgehead atoms. The van der Waals surface area contributed by atoms with Crippen molar-refractivity contribution >= 4 is 29.9 Å². The van der Waals surface area contributed by atoms with E-state index in [2.05, 4.69) is 68.0 Å². The van der Waals surface area contributed by atoms with Crippen molar-refractivity contribution < 1.29 is 9.47 Å². The van der Waals surface area contributed by atoms with Crippen molar-refractivity contribution in [3.8, 4) is 11.5 Å². The van der Waals surface area contributed by atoms with Gasteiger partial charge in [-0.1, -0.05) is 19.9 Å². The van der Waals surface area contributed by atoms with E-state index in [0.717, 1.165) is 30.5 Å². The molecule has 0 amide bonds. The Morgan fingerprint density at radius 1 is 1.18 bits per heavy atom. The molecular formula is C21H37IN4O2. The molecule has 1 aromatic rings. The summed E-state index contributed by atoms with van der Waals surface area (Å²) in [6.45, 7) is 10.9. The zero-order valence-corrected chi connectivity index (χ0v) is 21.1. The van der Waals surface area contributed by atoms with Crippen LogP contribution >= 0.6 is 24.0 Å². The summed E-state index contributed by atoms with van der Waals surface area (Å²) in [7, 11) is 9.35. The van der Waals surface area contributed by atoms with Crippen molar-refractivity contribution in [2.24, 2.45) is 10.4 Å². The van der Waals surface area contributed by atoms with E-state index in [0.29, 0.717) is 0 Å². The molecule has 0 radical (unpaired) electrons. The number of likely N-dealkylation sites (tertiary alicyclic amines) is 1. The molecule has 28 heavy (non-hydrogen) atoms. The van der Waals surface area contributed by atoms with Crippen LogP contribution in [0, 0.1) is 5.41 Å². The lowest BCUT2D eigenvalue weighted by molar-refractivity contribution is -0.0668. The van der Waals surface area contributed by atoms with Gasteiger partial charge in [-0.25, -0.2) is 0 Å². The molecule has 1 atom stereocenters. The second-order valence-corrected chi connectivity index (χ2v) is 8.55. The van der Waals surface area contributed by atoms with Gasteiger partial charge in [0, 0.05) is 31.1 Å². The summed E-state index contributed by atoms with van der Waals surface area (Å²) in [4.78, 5) is 9.08. The summed E-state index contributed by atoms with van der Waals surface area (Å²) < 4.78 is 10.8. The summed E-state index contributed by atoms with van der Waals surface area (Å²) in [5.74, 6) is 2.44. The van der Waals surface area contributed by atoms with Crippen LogP contribution in [0.5, 0.6) is 11.5 Å². The number of hydrogen-bond acceptors (Lipinski definition) is 4. The molecule has 1 aliphatic heterocycles. The molecule has 160 valence electrons. The summed E-state index contributed by atoms with van der Waals surface area (Å²) in [5.41, 5.74) is 1.52. The summed E-state index contributed by atoms with van der Waals surface area (Å²) >= 11 is 0. The molecule has 1 N–H and O–H groups in total. The van der Waals surface area contributed by atoms with E-state index >= 15 is 0 Å².